The van der Waals surface area contributed by atoms with Crippen molar-refractivity contribution < 1.29 is 0 Å². The highest BCUT2D eigenvalue weighted by atomic mass is 32.1. The maximum absolute atomic E-state index is 12.7. The van der Waals surface area contributed by atoms with Gasteiger partial charge in [0.2, 0.25) is 0 Å². The van der Waals surface area contributed by atoms with E-state index in [1.54, 1.807) is 11.3 Å². The molecule has 1 aliphatic heterocycles. The molecule has 0 aliphatic carbocycles. The highest BCUT2D eigenvalue weighted by Crippen LogP contribution is 2.32. The number of rotatable bonds is 3. The molecule has 1 fully saturated rings. The number of hydrogen-bond acceptors (Lipinski definition) is 4. The van der Waals surface area contributed by atoms with Crippen molar-refractivity contribution in [1.82, 2.24) is 14.9 Å². The van der Waals surface area contributed by atoms with Crippen LogP contribution in [0.25, 0.3) is 21.3 Å². The van der Waals surface area contributed by atoms with Gasteiger partial charge in [-0.15, -0.1) is 11.3 Å². The molecule has 0 amide bonds. The molecule has 1 aliphatic rings. The Kier molecular flexibility index (Phi) is 4.21. The number of aromatic nitrogens is 2. The summed E-state index contributed by atoms with van der Waals surface area (Å²) in [4.78, 5) is 23.7. The van der Waals surface area contributed by atoms with Crippen molar-refractivity contribution in [3.8, 4) is 11.1 Å². The van der Waals surface area contributed by atoms with Gasteiger partial charge < -0.3 is 4.98 Å². The fourth-order valence-corrected chi connectivity index (χ4v) is 4.43. The third-order valence-electron chi connectivity index (χ3n) is 4.75. The molecule has 5 heteroatoms. The van der Waals surface area contributed by atoms with Crippen LogP contribution in [0.1, 0.15) is 30.7 Å². The van der Waals surface area contributed by atoms with Crippen molar-refractivity contribution in [3.63, 3.8) is 0 Å². The maximum Gasteiger partial charge on any atom is 0.260 e. The Hall–Kier alpha value is -1.98. The summed E-state index contributed by atoms with van der Waals surface area (Å²) in [6.45, 7) is 5.01. The minimum Gasteiger partial charge on any atom is -0.309 e. The summed E-state index contributed by atoms with van der Waals surface area (Å²) in [6.07, 6.45) is 3.79. The van der Waals surface area contributed by atoms with Crippen LogP contribution in [-0.2, 0) is 6.54 Å². The molecule has 2 aromatic heterocycles. The fourth-order valence-electron chi connectivity index (χ4n) is 3.47. The summed E-state index contributed by atoms with van der Waals surface area (Å²) in [5.41, 5.74) is 3.26. The van der Waals surface area contributed by atoms with Gasteiger partial charge in [0.1, 0.15) is 10.7 Å². The number of aromatic amines is 1. The van der Waals surface area contributed by atoms with Crippen LogP contribution in [0.4, 0.5) is 0 Å². The molecule has 124 valence electrons. The molecule has 0 saturated carbocycles. The molecule has 1 N–H and O–H groups in total. The topological polar surface area (TPSA) is 49.0 Å². The van der Waals surface area contributed by atoms with E-state index in [9.17, 15) is 4.79 Å². The van der Waals surface area contributed by atoms with Gasteiger partial charge in [-0.05, 0) is 44.0 Å². The lowest BCUT2D eigenvalue weighted by Gasteiger charge is -2.25. The van der Waals surface area contributed by atoms with Crippen LogP contribution in [0.3, 0.4) is 0 Å². The minimum absolute atomic E-state index is 0.0217. The lowest BCUT2D eigenvalue weighted by atomic mass is 10.0. The van der Waals surface area contributed by atoms with Crippen molar-refractivity contribution in [1.29, 1.82) is 0 Å². The number of fused-ring (bicyclic) bond motifs is 1. The Morgan fingerprint density at radius 1 is 1.17 bits per heavy atom. The summed E-state index contributed by atoms with van der Waals surface area (Å²) in [6, 6.07) is 8.17. The van der Waals surface area contributed by atoms with Gasteiger partial charge >= 0.3 is 0 Å². The Morgan fingerprint density at radius 3 is 2.75 bits per heavy atom. The predicted octanol–water partition coefficient (Wildman–Crippen LogP) is 3.95. The number of piperidine rings is 1. The van der Waals surface area contributed by atoms with Gasteiger partial charge in [0.05, 0.1) is 11.9 Å². The van der Waals surface area contributed by atoms with E-state index < -0.39 is 0 Å². The summed E-state index contributed by atoms with van der Waals surface area (Å²) >= 11 is 1.56. The monoisotopic (exact) mass is 339 g/mol. The van der Waals surface area contributed by atoms with Gasteiger partial charge in [0.15, 0.2) is 0 Å². The number of nitrogens with zero attached hydrogens (tertiary/aromatic N) is 2. The highest BCUT2D eigenvalue weighted by Gasteiger charge is 2.16. The lowest BCUT2D eigenvalue weighted by Crippen LogP contribution is -2.30. The van der Waals surface area contributed by atoms with E-state index in [0.29, 0.717) is 0 Å². The molecule has 0 atom stereocenters. The van der Waals surface area contributed by atoms with Gasteiger partial charge in [-0.25, -0.2) is 4.98 Å². The van der Waals surface area contributed by atoms with Gasteiger partial charge in [-0.3, -0.25) is 9.69 Å². The summed E-state index contributed by atoms with van der Waals surface area (Å²) in [7, 11) is 0. The summed E-state index contributed by atoms with van der Waals surface area (Å²) in [5.74, 6) is 0.785. The molecule has 0 spiro atoms. The second kappa shape index (κ2) is 6.49. The molecule has 3 aromatic rings. The predicted molar refractivity (Wildman–Crippen MR) is 99.5 cm³/mol. The van der Waals surface area contributed by atoms with Gasteiger partial charge in [0.25, 0.3) is 5.56 Å². The average Bonchev–Trinajstić information content (AvgIpc) is 3.00. The van der Waals surface area contributed by atoms with Crippen LogP contribution < -0.4 is 5.56 Å². The molecule has 3 heterocycles. The number of likely N-dealkylation sites (tertiary alicyclic amines) is 1. The number of H-pyrrole nitrogens is 1. The SMILES string of the molecule is Cc1ccccc1-c1csc2nc(CN3CCCCC3)[nH]c(=O)c12. The molecule has 1 saturated heterocycles. The Balaban J connectivity index is 1.73. The average molecular weight is 339 g/mol. The number of nitrogens with one attached hydrogen (secondary N) is 1. The largest absolute Gasteiger partial charge is 0.309 e. The van der Waals surface area contributed by atoms with Crippen molar-refractivity contribution in [2.45, 2.75) is 32.7 Å². The first-order valence-electron chi connectivity index (χ1n) is 8.51. The lowest BCUT2D eigenvalue weighted by molar-refractivity contribution is 0.216. The van der Waals surface area contributed by atoms with Crippen molar-refractivity contribution in [2.24, 2.45) is 0 Å². The van der Waals surface area contributed by atoms with Crippen LogP contribution in [0.2, 0.25) is 0 Å². The molecule has 4 rings (SSSR count). The molecule has 0 unspecified atom stereocenters. The first kappa shape index (κ1) is 15.5. The van der Waals surface area contributed by atoms with Crippen LogP contribution in [0, 0.1) is 6.92 Å². The second-order valence-corrected chi connectivity index (χ2v) is 7.35. The first-order valence-corrected chi connectivity index (χ1v) is 9.39. The third-order valence-corrected chi connectivity index (χ3v) is 5.62. The van der Waals surface area contributed by atoms with E-state index in [4.69, 9.17) is 4.98 Å². The molecular weight excluding hydrogens is 318 g/mol. The molecule has 0 radical (unpaired) electrons. The van der Waals surface area contributed by atoms with E-state index >= 15 is 0 Å². The number of benzene rings is 1. The molecule has 0 bridgehead atoms. The highest BCUT2D eigenvalue weighted by molar-refractivity contribution is 7.17. The quantitative estimate of drug-likeness (QED) is 0.786. The molecular formula is C19H21N3OS. The number of aryl methyl sites for hydroxylation is 1. The van der Waals surface area contributed by atoms with E-state index in [1.807, 2.05) is 12.1 Å². The van der Waals surface area contributed by atoms with Crippen molar-refractivity contribution in [2.75, 3.05) is 13.1 Å². The van der Waals surface area contributed by atoms with Crippen molar-refractivity contribution >= 4 is 21.6 Å². The van der Waals surface area contributed by atoms with Gasteiger partial charge in [-0.2, -0.15) is 0 Å². The Labute approximate surface area is 145 Å². The third kappa shape index (κ3) is 2.89. The Morgan fingerprint density at radius 2 is 1.96 bits per heavy atom. The molecule has 24 heavy (non-hydrogen) atoms. The smallest absolute Gasteiger partial charge is 0.260 e. The zero-order chi connectivity index (χ0) is 16.5. The molecule has 1 aromatic carbocycles. The normalized spacial score (nSPS) is 15.9. The maximum atomic E-state index is 12.7. The zero-order valence-corrected chi connectivity index (χ0v) is 14.7. The van der Waals surface area contributed by atoms with E-state index in [1.165, 1.54) is 24.8 Å². The fraction of sp³-hybridized carbons (Fsp3) is 0.368. The minimum atomic E-state index is -0.0217. The standard InChI is InChI=1S/C19H21N3OS/c1-13-7-3-4-8-14(13)15-12-24-19-17(15)18(23)20-16(21-19)11-22-9-5-2-6-10-22/h3-4,7-8,12H,2,5-6,9-11H2,1H3,(H,20,21,23). The van der Waals surface area contributed by atoms with Crippen LogP contribution in [-0.4, -0.2) is 28.0 Å². The zero-order valence-electron chi connectivity index (χ0n) is 13.8. The number of hydrogen-bond donors (Lipinski definition) is 1. The summed E-state index contributed by atoms with van der Waals surface area (Å²) in [5, 5.41) is 2.77. The van der Waals surface area contributed by atoms with Crippen LogP contribution >= 0.6 is 11.3 Å². The van der Waals surface area contributed by atoms with E-state index in [-0.39, 0.29) is 5.56 Å². The van der Waals surface area contributed by atoms with Crippen LogP contribution in [0.15, 0.2) is 34.4 Å². The van der Waals surface area contributed by atoms with E-state index in [0.717, 1.165) is 46.8 Å². The first-order chi connectivity index (χ1) is 11.7. The van der Waals surface area contributed by atoms with Gasteiger partial charge in [0, 0.05) is 10.9 Å². The van der Waals surface area contributed by atoms with Crippen molar-refractivity contribution in [3.05, 3.63) is 51.4 Å². The number of thiophene rings is 1. The summed E-state index contributed by atoms with van der Waals surface area (Å²) < 4.78 is 0. The molecule has 4 nitrogen and oxygen atoms in total. The van der Waals surface area contributed by atoms with Gasteiger partial charge in [-0.1, -0.05) is 30.7 Å². The second-order valence-electron chi connectivity index (χ2n) is 6.49. The van der Waals surface area contributed by atoms with Crippen LogP contribution in [0.5, 0.6) is 0 Å². The Bertz CT molecular complexity index is 922. The van der Waals surface area contributed by atoms with E-state index in [2.05, 4.69) is 34.3 Å².